The lowest BCUT2D eigenvalue weighted by Gasteiger charge is -2.40. The number of carbonyl (C=O) groups excluding carboxylic acids is 2. The van der Waals surface area contributed by atoms with Gasteiger partial charge in [-0.1, -0.05) is 26.7 Å². The molecule has 5 heteroatoms. The minimum absolute atomic E-state index is 0.0323. The molecule has 3 N–H and O–H groups in total. The molecule has 5 nitrogen and oxygen atoms in total. The number of likely N-dealkylation sites (N-methyl/N-ethyl adjacent to an activating group) is 1. The van der Waals surface area contributed by atoms with Gasteiger partial charge >= 0.3 is 0 Å². The van der Waals surface area contributed by atoms with Gasteiger partial charge in [-0.2, -0.15) is 0 Å². The van der Waals surface area contributed by atoms with Crippen molar-refractivity contribution in [3.05, 3.63) is 0 Å². The summed E-state index contributed by atoms with van der Waals surface area (Å²) in [5, 5.41) is 3.06. The fraction of sp³-hybridized carbons (Fsp3) is 0.867. The topological polar surface area (TPSA) is 75.4 Å². The molecule has 2 amide bonds. The fourth-order valence-corrected chi connectivity index (χ4v) is 2.93. The number of hydrogen-bond acceptors (Lipinski definition) is 3. The van der Waals surface area contributed by atoms with Crippen LogP contribution in [0.1, 0.15) is 53.4 Å². The highest BCUT2D eigenvalue weighted by Crippen LogP contribution is 2.23. The molecule has 1 aliphatic carbocycles. The molecular weight excluding hydrogens is 254 g/mol. The smallest absolute Gasteiger partial charge is 0.237 e. The highest BCUT2D eigenvalue weighted by Gasteiger charge is 2.33. The third-order valence-electron chi connectivity index (χ3n) is 4.22. The Hall–Kier alpha value is -1.10. The van der Waals surface area contributed by atoms with Crippen molar-refractivity contribution in [2.45, 2.75) is 71.5 Å². The maximum atomic E-state index is 12.1. The Bertz CT molecular complexity index is 344. The van der Waals surface area contributed by atoms with E-state index in [1.54, 1.807) is 6.92 Å². The van der Waals surface area contributed by atoms with Crippen molar-refractivity contribution in [1.82, 2.24) is 10.2 Å². The number of carbonyl (C=O) groups is 2. The normalized spacial score (nSPS) is 24.3. The number of nitrogens with zero attached hydrogens (tertiary/aromatic N) is 1. The average Bonchev–Trinajstić information content (AvgIpc) is 2.40. The van der Waals surface area contributed by atoms with Crippen molar-refractivity contribution in [2.75, 3.05) is 6.54 Å². The Morgan fingerprint density at radius 1 is 1.30 bits per heavy atom. The fourth-order valence-electron chi connectivity index (χ4n) is 2.93. The Balaban J connectivity index is 2.74. The molecule has 116 valence electrons. The van der Waals surface area contributed by atoms with Gasteiger partial charge in [-0.3, -0.25) is 9.59 Å². The second-order valence-electron chi connectivity index (χ2n) is 6.04. The zero-order chi connectivity index (χ0) is 15.3. The predicted octanol–water partition coefficient (Wildman–Crippen LogP) is 1.27. The molecule has 0 aliphatic heterocycles. The summed E-state index contributed by atoms with van der Waals surface area (Å²) in [6.07, 6.45) is 4.07. The summed E-state index contributed by atoms with van der Waals surface area (Å²) >= 11 is 0. The number of hydrogen-bond donors (Lipinski definition) is 2. The minimum atomic E-state index is -0.481. The minimum Gasteiger partial charge on any atom is -0.350 e. The molecule has 1 aliphatic rings. The second-order valence-corrected chi connectivity index (χ2v) is 6.04. The average molecular weight is 283 g/mol. The van der Waals surface area contributed by atoms with E-state index in [0.717, 1.165) is 25.7 Å². The summed E-state index contributed by atoms with van der Waals surface area (Å²) < 4.78 is 0. The lowest BCUT2D eigenvalue weighted by Crippen LogP contribution is -2.57. The summed E-state index contributed by atoms with van der Waals surface area (Å²) in [5.41, 5.74) is 5.90. The molecule has 20 heavy (non-hydrogen) atoms. The van der Waals surface area contributed by atoms with Crippen LogP contribution in [0.15, 0.2) is 0 Å². The van der Waals surface area contributed by atoms with Gasteiger partial charge in [0.2, 0.25) is 11.8 Å². The van der Waals surface area contributed by atoms with Gasteiger partial charge in [-0.15, -0.1) is 0 Å². The van der Waals surface area contributed by atoms with E-state index in [1.165, 1.54) is 0 Å². The number of nitrogens with two attached hydrogens (primary N) is 1. The zero-order valence-corrected chi connectivity index (χ0v) is 13.2. The van der Waals surface area contributed by atoms with Gasteiger partial charge in [0.25, 0.3) is 0 Å². The number of nitrogens with one attached hydrogen (secondary N) is 1. The first-order valence-electron chi connectivity index (χ1n) is 7.71. The van der Waals surface area contributed by atoms with Gasteiger partial charge in [0.1, 0.15) is 0 Å². The highest BCUT2D eigenvalue weighted by atomic mass is 16.2. The van der Waals surface area contributed by atoms with E-state index >= 15 is 0 Å². The molecule has 0 aromatic heterocycles. The molecule has 1 rings (SSSR count). The molecule has 0 saturated heterocycles. The lowest BCUT2D eigenvalue weighted by atomic mass is 9.88. The van der Waals surface area contributed by atoms with E-state index in [4.69, 9.17) is 5.73 Å². The van der Waals surface area contributed by atoms with Crippen molar-refractivity contribution in [3.8, 4) is 0 Å². The molecular formula is C15H29N3O2. The first kappa shape index (κ1) is 17.0. The number of rotatable bonds is 5. The van der Waals surface area contributed by atoms with E-state index in [2.05, 4.69) is 5.32 Å². The Kier molecular flexibility index (Phi) is 6.46. The van der Waals surface area contributed by atoms with Crippen LogP contribution in [0.3, 0.4) is 0 Å². The van der Waals surface area contributed by atoms with Crippen LogP contribution in [0.2, 0.25) is 0 Å². The van der Waals surface area contributed by atoms with Crippen molar-refractivity contribution < 1.29 is 9.59 Å². The van der Waals surface area contributed by atoms with Crippen LogP contribution < -0.4 is 11.1 Å². The van der Waals surface area contributed by atoms with E-state index in [1.807, 2.05) is 25.7 Å². The maximum Gasteiger partial charge on any atom is 0.237 e. The van der Waals surface area contributed by atoms with Crippen molar-refractivity contribution >= 4 is 11.8 Å². The van der Waals surface area contributed by atoms with Crippen molar-refractivity contribution in [1.29, 1.82) is 0 Å². The monoisotopic (exact) mass is 283 g/mol. The number of amides is 2. The Morgan fingerprint density at radius 2 is 1.90 bits per heavy atom. The SMILES string of the molecule is CCN(C(C)=O)C1CCCCC1NC(=O)C(N)C(C)C. The maximum absolute atomic E-state index is 12.1. The molecule has 3 unspecified atom stereocenters. The molecule has 0 spiro atoms. The van der Waals surface area contributed by atoms with Gasteiger partial charge < -0.3 is 16.0 Å². The molecule has 0 heterocycles. The Labute approximate surface area is 122 Å². The first-order chi connectivity index (χ1) is 9.38. The standard InChI is InChI=1S/C15H29N3O2/c1-5-18(11(4)19)13-9-7-6-8-12(13)17-15(20)14(16)10(2)3/h10,12-14H,5-9,16H2,1-4H3,(H,17,20). The Morgan fingerprint density at radius 3 is 2.40 bits per heavy atom. The van der Waals surface area contributed by atoms with Crippen LogP contribution in [0.5, 0.6) is 0 Å². The van der Waals surface area contributed by atoms with E-state index in [0.29, 0.717) is 6.54 Å². The summed E-state index contributed by atoms with van der Waals surface area (Å²) in [6, 6.07) is -0.343. The van der Waals surface area contributed by atoms with Crippen LogP contribution in [-0.4, -0.2) is 41.4 Å². The van der Waals surface area contributed by atoms with Gasteiger partial charge in [0, 0.05) is 19.5 Å². The zero-order valence-electron chi connectivity index (χ0n) is 13.2. The van der Waals surface area contributed by atoms with E-state index in [9.17, 15) is 9.59 Å². The largest absolute Gasteiger partial charge is 0.350 e. The molecule has 0 radical (unpaired) electrons. The molecule has 0 aromatic rings. The van der Waals surface area contributed by atoms with Gasteiger partial charge in [-0.25, -0.2) is 0 Å². The van der Waals surface area contributed by atoms with Crippen molar-refractivity contribution in [3.63, 3.8) is 0 Å². The molecule has 1 fully saturated rings. The van der Waals surface area contributed by atoms with Gasteiger partial charge in [-0.05, 0) is 25.7 Å². The molecule has 1 saturated carbocycles. The van der Waals surface area contributed by atoms with Gasteiger partial charge in [0.05, 0.1) is 12.1 Å². The lowest BCUT2D eigenvalue weighted by molar-refractivity contribution is -0.134. The third kappa shape index (κ3) is 4.20. The van der Waals surface area contributed by atoms with E-state index < -0.39 is 6.04 Å². The molecule has 0 bridgehead atoms. The van der Waals surface area contributed by atoms with E-state index in [-0.39, 0.29) is 29.8 Å². The quantitative estimate of drug-likeness (QED) is 0.797. The second kappa shape index (κ2) is 7.62. The van der Waals surface area contributed by atoms with Crippen molar-refractivity contribution in [2.24, 2.45) is 11.7 Å². The van der Waals surface area contributed by atoms with Crippen LogP contribution in [-0.2, 0) is 9.59 Å². The van der Waals surface area contributed by atoms with Crippen LogP contribution in [0.25, 0.3) is 0 Å². The van der Waals surface area contributed by atoms with Crippen LogP contribution in [0.4, 0.5) is 0 Å². The molecule has 0 aromatic carbocycles. The summed E-state index contributed by atoms with van der Waals surface area (Å²) in [7, 11) is 0. The highest BCUT2D eigenvalue weighted by molar-refractivity contribution is 5.82. The van der Waals surface area contributed by atoms with Gasteiger partial charge in [0.15, 0.2) is 0 Å². The summed E-state index contributed by atoms with van der Waals surface area (Å²) in [4.78, 5) is 25.7. The summed E-state index contributed by atoms with van der Waals surface area (Å²) in [6.45, 7) is 8.14. The van der Waals surface area contributed by atoms with Crippen LogP contribution >= 0.6 is 0 Å². The predicted molar refractivity (Wildman–Crippen MR) is 80.1 cm³/mol. The third-order valence-corrected chi connectivity index (χ3v) is 4.22. The molecule has 3 atom stereocenters. The summed E-state index contributed by atoms with van der Waals surface area (Å²) in [5.74, 6) is 0.0930. The first-order valence-corrected chi connectivity index (χ1v) is 7.71. The van der Waals surface area contributed by atoms with Crippen LogP contribution in [0, 0.1) is 5.92 Å².